The number of fused-ring (bicyclic) bond motifs is 1. The van der Waals surface area contributed by atoms with Crippen LogP contribution in [-0.4, -0.2) is 33.5 Å². The maximum atomic E-state index is 4.49. The molecule has 2 aliphatic heterocycles. The van der Waals surface area contributed by atoms with Crippen molar-refractivity contribution in [2.24, 2.45) is 0 Å². The summed E-state index contributed by atoms with van der Waals surface area (Å²) in [6.07, 6.45) is 8.76. The van der Waals surface area contributed by atoms with E-state index < -0.39 is 0 Å². The summed E-state index contributed by atoms with van der Waals surface area (Å²) >= 11 is 0. The van der Waals surface area contributed by atoms with Crippen LogP contribution in [0.4, 0.5) is 5.69 Å². The molecule has 0 radical (unpaired) electrons. The van der Waals surface area contributed by atoms with Crippen molar-refractivity contribution in [3.05, 3.63) is 53.6 Å². The second-order valence-electron chi connectivity index (χ2n) is 7.56. The number of anilines is 1. The zero-order chi connectivity index (χ0) is 18.6. The summed E-state index contributed by atoms with van der Waals surface area (Å²) in [4.78, 5) is 13.9. The Labute approximate surface area is 162 Å². The number of rotatable bonds is 4. The van der Waals surface area contributed by atoms with Gasteiger partial charge >= 0.3 is 0 Å². The van der Waals surface area contributed by atoms with Gasteiger partial charge in [0.25, 0.3) is 0 Å². The fourth-order valence-electron chi connectivity index (χ4n) is 4.45. The maximum absolute atomic E-state index is 4.49. The number of pyridine rings is 2. The van der Waals surface area contributed by atoms with Gasteiger partial charge in [-0.1, -0.05) is 25.8 Å². The van der Waals surface area contributed by atoms with Gasteiger partial charge in [0, 0.05) is 43.3 Å². The monoisotopic (exact) mass is 360 g/mol. The van der Waals surface area contributed by atoms with Crippen LogP contribution >= 0.6 is 0 Å². The molecule has 0 saturated carbocycles. The van der Waals surface area contributed by atoms with Crippen LogP contribution in [0.2, 0.25) is 0 Å². The number of hydrogen-bond acceptors (Lipinski definition) is 4. The third-order valence-corrected chi connectivity index (χ3v) is 5.88. The van der Waals surface area contributed by atoms with Crippen LogP contribution in [0.5, 0.6) is 0 Å². The molecule has 2 atom stereocenters. The molecule has 1 fully saturated rings. The summed E-state index contributed by atoms with van der Waals surface area (Å²) in [5.41, 5.74) is 4.66. The van der Waals surface area contributed by atoms with Crippen LogP contribution in [0.25, 0.3) is 0 Å². The van der Waals surface area contributed by atoms with E-state index in [0.717, 1.165) is 25.3 Å². The number of nitrogens with zero attached hydrogens (tertiary/aromatic N) is 4. The Bertz CT molecular complexity index is 814. The highest BCUT2D eigenvalue weighted by Crippen LogP contribution is 2.33. The quantitative estimate of drug-likeness (QED) is 0.772. The average molecular weight is 361 g/mol. The van der Waals surface area contributed by atoms with E-state index in [2.05, 4.69) is 63.7 Å². The van der Waals surface area contributed by atoms with Crippen LogP contribution in [0.1, 0.15) is 56.5 Å². The summed E-state index contributed by atoms with van der Waals surface area (Å²) in [5.74, 6) is 6.59. The lowest BCUT2D eigenvalue weighted by molar-refractivity contribution is 0.320. The Balaban J connectivity index is 1.44. The summed E-state index contributed by atoms with van der Waals surface area (Å²) in [5, 5.41) is 0. The summed E-state index contributed by atoms with van der Waals surface area (Å²) in [6, 6.07) is 9.77. The SMILES string of the molecule is CCC1CCC(CC)N1c1ccnc(C#CCN2Cc3cccnc3C2)c1. The molecule has 2 aromatic rings. The second kappa shape index (κ2) is 8.10. The van der Waals surface area contributed by atoms with E-state index in [1.807, 2.05) is 18.5 Å². The molecule has 0 spiro atoms. The molecule has 2 aliphatic rings. The molecule has 2 unspecified atom stereocenters. The van der Waals surface area contributed by atoms with Crippen molar-refractivity contribution in [3.8, 4) is 11.8 Å². The van der Waals surface area contributed by atoms with Crippen molar-refractivity contribution in [1.82, 2.24) is 14.9 Å². The second-order valence-corrected chi connectivity index (χ2v) is 7.56. The molecule has 27 heavy (non-hydrogen) atoms. The molecule has 2 aromatic heterocycles. The first kappa shape index (κ1) is 18.0. The predicted molar refractivity (Wildman–Crippen MR) is 109 cm³/mol. The Kier molecular flexibility index (Phi) is 5.40. The minimum absolute atomic E-state index is 0.647. The van der Waals surface area contributed by atoms with Gasteiger partial charge < -0.3 is 4.90 Å². The molecule has 0 bridgehead atoms. The van der Waals surface area contributed by atoms with Crippen LogP contribution < -0.4 is 4.90 Å². The molecule has 0 N–H and O–H groups in total. The van der Waals surface area contributed by atoms with Crippen LogP contribution in [0.3, 0.4) is 0 Å². The highest BCUT2D eigenvalue weighted by molar-refractivity contribution is 5.52. The van der Waals surface area contributed by atoms with Crippen LogP contribution in [0.15, 0.2) is 36.7 Å². The summed E-state index contributed by atoms with van der Waals surface area (Å²) < 4.78 is 0. The van der Waals surface area contributed by atoms with Crippen molar-refractivity contribution >= 4 is 5.69 Å². The van der Waals surface area contributed by atoms with Crippen molar-refractivity contribution < 1.29 is 0 Å². The maximum Gasteiger partial charge on any atom is 0.115 e. The molecule has 0 aromatic carbocycles. The number of aromatic nitrogens is 2. The van der Waals surface area contributed by atoms with Gasteiger partial charge in [0.1, 0.15) is 5.69 Å². The van der Waals surface area contributed by atoms with Crippen molar-refractivity contribution in [2.75, 3.05) is 11.4 Å². The van der Waals surface area contributed by atoms with E-state index in [-0.39, 0.29) is 0 Å². The number of hydrogen-bond donors (Lipinski definition) is 0. The Morgan fingerprint density at radius 1 is 1.04 bits per heavy atom. The van der Waals surface area contributed by atoms with Crippen molar-refractivity contribution in [1.29, 1.82) is 0 Å². The normalized spacial score (nSPS) is 21.8. The Morgan fingerprint density at radius 2 is 1.85 bits per heavy atom. The van der Waals surface area contributed by atoms with Gasteiger partial charge in [0.2, 0.25) is 0 Å². The standard InChI is InChI=1S/C23H28N4/c1-3-20-9-10-21(4-2)27(20)22-11-13-24-19(15-22)8-6-14-26-16-18-7-5-12-25-23(18)17-26/h5,7,11-13,15,20-21H,3-4,9-10,14,16-17H2,1-2H3. The van der Waals surface area contributed by atoms with Crippen LogP contribution in [-0.2, 0) is 13.1 Å². The van der Waals surface area contributed by atoms with Gasteiger partial charge in [-0.05, 0) is 55.4 Å². The van der Waals surface area contributed by atoms with Gasteiger partial charge in [-0.25, -0.2) is 4.98 Å². The smallest absolute Gasteiger partial charge is 0.115 e. The minimum atomic E-state index is 0.647. The molecular weight excluding hydrogens is 332 g/mol. The zero-order valence-electron chi connectivity index (χ0n) is 16.4. The minimum Gasteiger partial charge on any atom is -0.365 e. The molecular formula is C23H28N4. The van der Waals surface area contributed by atoms with Crippen molar-refractivity contribution in [3.63, 3.8) is 0 Å². The third kappa shape index (κ3) is 3.84. The molecule has 0 aliphatic carbocycles. The molecule has 4 nitrogen and oxygen atoms in total. The first-order valence-electron chi connectivity index (χ1n) is 10.2. The predicted octanol–water partition coefficient (Wildman–Crippen LogP) is 4.00. The van der Waals surface area contributed by atoms with Crippen LogP contribution in [0, 0.1) is 11.8 Å². The molecule has 4 rings (SSSR count). The average Bonchev–Trinajstić information content (AvgIpc) is 3.31. The van der Waals surface area contributed by atoms with Gasteiger partial charge in [0.15, 0.2) is 0 Å². The third-order valence-electron chi connectivity index (χ3n) is 5.88. The van der Waals surface area contributed by atoms with E-state index in [4.69, 9.17) is 0 Å². The summed E-state index contributed by atoms with van der Waals surface area (Å²) in [7, 11) is 0. The highest BCUT2D eigenvalue weighted by Gasteiger charge is 2.31. The molecule has 4 heteroatoms. The van der Waals surface area contributed by atoms with Gasteiger partial charge in [-0.3, -0.25) is 9.88 Å². The van der Waals surface area contributed by atoms with Crippen molar-refractivity contribution in [2.45, 2.75) is 64.7 Å². The lowest BCUT2D eigenvalue weighted by Crippen LogP contribution is -2.35. The van der Waals surface area contributed by atoms with E-state index in [1.54, 1.807) is 0 Å². The van der Waals surface area contributed by atoms with E-state index >= 15 is 0 Å². The van der Waals surface area contributed by atoms with Gasteiger partial charge in [-0.15, -0.1) is 0 Å². The molecule has 4 heterocycles. The largest absolute Gasteiger partial charge is 0.365 e. The van der Waals surface area contributed by atoms with E-state index in [9.17, 15) is 0 Å². The first-order valence-corrected chi connectivity index (χ1v) is 10.2. The lowest BCUT2D eigenvalue weighted by atomic mass is 10.1. The topological polar surface area (TPSA) is 32.3 Å². The fourth-order valence-corrected chi connectivity index (χ4v) is 4.45. The molecule has 1 saturated heterocycles. The van der Waals surface area contributed by atoms with Gasteiger partial charge in [-0.2, -0.15) is 0 Å². The molecule has 0 amide bonds. The van der Waals surface area contributed by atoms with Gasteiger partial charge in [0.05, 0.1) is 12.2 Å². The summed E-state index contributed by atoms with van der Waals surface area (Å²) in [6.45, 7) is 7.17. The molecule has 140 valence electrons. The first-order chi connectivity index (χ1) is 13.3. The fraction of sp³-hybridized carbons (Fsp3) is 0.478. The highest BCUT2D eigenvalue weighted by atomic mass is 15.2. The Morgan fingerprint density at radius 3 is 2.59 bits per heavy atom. The zero-order valence-corrected chi connectivity index (χ0v) is 16.4. The van der Waals surface area contributed by atoms with E-state index in [1.165, 1.54) is 42.6 Å². The Hall–Kier alpha value is -2.38. The van der Waals surface area contributed by atoms with E-state index in [0.29, 0.717) is 12.1 Å². The lowest BCUT2D eigenvalue weighted by Gasteiger charge is -2.31.